The molecule has 0 saturated carbocycles. The van der Waals surface area contributed by atoms with Crippen LogP contribution < -0.4 is 16.3 Å². The van der Waals surface area contributed by atoms with Gasteiger partial charge in [0, 0.05) is 11.3 Å². The fraction of sp³-hybridized carbons (Fsp3) is 0.0625. The molecule has 1 heterocycles. The van der Waals surface area contributed by atoms with Crippen molar-refractivity contribution >= 4 is 33.4 Å². The van der Waals surface area contributed by atoms with E-state index in [1.54, 1.807) is 0 Å². The number of sulfonamides is 1. The van der Waals surface area contributed by atoms with Crippen molar-refractivity contribution in [2.24, 2.45) is 5.14 Å². The number of hydrogen-bond donors (Lipinski definition) is 3. The number of nitrogens with zero attached hydrogens (tertiary/aromatic N) is 3. The lowest BCUT2D eigenvalue weighted by Gasteiger charge is -2.07. The molecule has 1 amide bonds. The van der Waals surface area contributed by atoms with Crippen LogP contribution >= 0.6 is 11.8 Å². The molecule has 146 valence electrons. The monoisotopic (exact) mass is 422 g/mol. The Bertz CT molecular complexity index is 1120. The predicted molar refractivity (Wildman–Crippen MR) is 103 cm³/mol. The van der Waals surface area contributed by atoms with Gasteiger partial charge in [-0.15, -0.1) is 10.2 Å². The third-order valence-corrected chi connectivity index (χ3v) is 5.40. The number of thioether (sulfide) groups is 1. The number of benzene rings is 2. The Hall–Kier alpha value is -2.96. The SMILES string of the molecule is Nn1c(SCC(=O)Nc2cccc(S(N)(=O)=O)c2)nnc1-c1ccc(F)cc1. The average Bonchev–Trinajstić information content (AvgIpc) is 3.01. The zero-order valence-electron chi connectivity index (χ0n) is 14.2. The van der Waals surface area contributed by atoms with Gasteiger partial charge in [-0.1, -0.05) is 17.8 Å². The highest BCUT2D eigenvalue weighted by atomic mass is 32.2. The Morgan fingerprint density at radius 3 is 2.57 bits per heavy atom. The number of halogens is 1. The number of primary sulfonamides is 1. The van der Waals surface area contributed by atoms with Crippen LogP contribution in [-0.4, -0.2) is 35.0 Å². The highest BCUT2D eigenvalue weighted by molar-refractivity contribution is 7.99. The van der Waals surface area contributed by atoms with Gasteiger partial charge in [0.25, 0.3) is 0 Å². The Labute approximate surface area is 164 Å². The van der Waals surface area contributed by atoms with Crippen molar-refractivity contribution < 1.29 is 17.6 Å². The molecule has 1 aromatic heterocycles. The first kappa shape index (κ1) is 19.8. The molecule has 0 atom stereocenters. The Balaban J connectivity index is 1.65. The van der Waals surface area contributed by atoms with Crippen molar-refractivity contribution in [1.82, 2.24) is 14.9 Å². The summed E-state index contributed by atoms with van der Waals surface area (Å²) in [6, 6.07) is 11.2. The number of amides is 1. The second kappa shape index (κ2) is 7.96. The van der Waals surface area contributed by atoms with Gasteiger partial charge in [0.2, 0.25) is 21.1 Å². The van der Waals surface area contributed by atoms with Crippen LogP contribution in [0.5, 0.6) is 0 Å². The summed E-state index contributed by atoms with van der Waals surface area (Å²) in [5, 5.41) is 15.8. The molecule has 0 aliphatic rings. The summed E-state index contributed by atoms with van der Waals surface area (Å²) in [6.45, 7) is 0. The molecule has 0 unspecified atom stereocenters. The first-order valence-electron chi connectivity index (χ1n) is 7.76. The molecular formula is C16H15FN6O3S2. The predicted octanol–water partition coefficient (Wildman–Crippen LogP) is 1.18. The minimum absolute atomic E-state index is 0.0433. The van der Waals surface area contributed by atoms with Crippen LogP contribution in [0.3, 0.4) is 0 Å². The maximum absolute atomic E-state index is 13.0. The fourth-order valence-electron chi connectivity index (χ4n) is 2.25. The van der Waals surface area contributed by atoms with E-state index in [4.69, 9.17) is 11.0 Å². The molecule has 0 radical (unpaired) electrons. The molecule has 0 fully saturated rings. The number of rotatable bonds is 6. The highest BCUT2D eigenvalue weighted by Crippen LogP contribution is 2.22. The Morgan fingerprint density at radius 1 is 1.18 bits per heavy atom. The molecule has 0 aliphatic carbocycles. The van der Waals surface area contributed by atoms with Gasteiger partial charge in [-0.2, -0.15) is 0 Å². The van der Waals surface area contributed by atoms with Crippen molar-refractivity contribution in [2.45, 2.75) is 10.1 Å². The van der Waals surface area contributed by atoms with Gasteiger partial charge in [-0.05, 0) is 42.5 Å². The summed E-state index contributed by atoms with van der Waals surface area (Å²) in [6.07, 6.45) is 0. The first-order chi connectivity index (χ1) is 13.2. The number of hydrogen-bond acceptors (Lipinski definition) is 7. The Kier molecular flexibility index (Phi) is 5.63. The molecule has 0 bridgehead atoms. The lowest BCUT2D eigenvalue weighted by atomic mass is 10.2. The average molecular weight is 422 g/mol. The number of aromatic nitrogens is 3. The van der Waals surface area contributed by atoms with Gasteiger partial charge in [0.1, 0.15) is 5.82 Å². The summed E-state index contributed by atoms with van der Waals surface area (Å²) in [5.74, 6) is 5.44. The van der Waals surface area contributed by atoms with E-state index >= 15 is 0 Å². The first-order valence-corrected chi connectivity index (χ1v) is 10.3. The summed E-state index contributed by atoms with van der Waals surface area (Å²) in [4.78, 5) is 12.0. The van der Waals surface area contributed by atoms with E-state index in [9.17, 15) is 17.6 Å². The number of carbonyl (C=O) groups is 1. The highest BCUT2D eigenvalue weighted by Gasteiger charge is 2.15. The standard InChI is InChI=1S/C16H15FN6O3S2/c17-11-6-4-10(5-7-11)15-21-22-16(23(15)18)27-9-14(24)20-12-2-1-3-13(8-12)28(19,25)26/h1-8H,9,18H2,(H,20,24)(H2,19,25,26). The lowest BCUT2D eigenvalue weighted by molar-refractivity contribution is -0.113. The van der Waals surface area contributed by atoms with E-state index in [0.29, 0.717) is 17.1 Å². The third kappa shape index (κ3) is 4.65. The summed E-state index contributed by atoms with van der Waals surface area (Å²) < 4.78 is 37.0. The van der Waals surface area contributed by atoms with Gasteiger partial charge in [-0.3, -0.25) is 4.79 Å². The minimum atomic E-state index is -3.87. The number of nitrogens with two attached hydrogens (primary N) is 2. The Morgan fingerprint density at radius 2 is 1.89 bits per heavy atom. The van der Waals surface area contributed by atoms with Gasteiger partial charge in [-0.25, -0.2) is 22.6 Å². The van der Waals surface area contributed by atoms with Gasteiger partial charge in [0.15, 0.2) is 5.82 Å². The van der Waals surface area contributed by atoms with Crippen molar-refractivity contribution in [1.29, 1.82) is 0 Å². The number of nitrogen functional groups attached to an aromatic ring is 1. The van der Waals surface area contributed by atoms with E-state index in [-0.39, 0.29) is 21.6 Å². The summed E-state index contributed by atoms with van der Waals surface area (Å²) >= 11 is 1.04. The zero-order chi connectivity index (χ0) is 20.3. The van der Waals surface area contributed by atoms with Gasteiger partial charge < -0.3 is 11.2 Å². The van der Waals surface area contributed by atoms with Crippen LogP contribution in [0.2, 0.25) is 0 Å². The van der Waals surface area contributed by atoms with Crippen LogP contribution in [0.25, 0.3) is 11.4 Å². The van der Waals surface area contributed by atoms with Gasteiger partial charge in [0.05, 0.1) is 10.6 Å². The molecular weight excluding hydrogens is 407 g/mol. The van der Waals surface area contributed by atoms with Crippen molar-refractivity contribution in [3.05, 3.63) is 54.3 Å². The van der Waals surface area contributed by atoms with Crippen LogP contribution in [0.1, 0.15) is 0 Å². The second-order valence-electron chi connectivity index (χ2n) is 5.59. The normalized spacial score (nSPS) is 11.4. The summed E-state index contributed by atoms with van der Waals surface area (Å²) in [7, 11) is -3.87. The maximum atomic E-state index is 13.0. The molecule has 12 heteroatoms. The number of nitrogens with one attached hydrogen (secondary N) is 1. The van der Waals surface area contributed by atoms with E-state index < -0.39 is 15.9 Å². The fourth-order valence-corrected chi connectivity index (χ4v) is 3.47. The minimum Gasteiger partial charge on any atom is -0.335 e. The van der Waals surface area contributed by atoms with Crippen LogP contribution in [0, 0.1) is 5.82 Å². The third-order valence-electron chi connectivity index (χ3n) is 3.55. The molecule has 28 heavy (non-hydrogen) atoms. The lowest BCUT2D eigenvalue weighted by Crippen LogP contribution is -2.17. The van der Waals surface area contributed by atoms with Crippen LogP contribution in [0.15, 0.2) is 58.6 Å². The maximum Gasteiger partial charge on any atom is 0.238 e. The molecule has 3 aromatic rings. The molecule has 0 aliphatic heterocycles. The molecule has 0 spiro atoms. The van der Waals surface area contributed by atoms with Crippen LogP contribution in [-0.2, 0) is 14.8 Å². The smallest absolute Gasteiger partial charge is 0.238 e. The molecule has 3 rings (SSSR count). The molecule has 2 aromatic carbocycles. The van der Waals surface area contributed by atoms with Gasteiger partial charge >= 0.3 is 0 Å². The molecule has 5 N–H and O–H groups in total. The van der Waals surface area contributed by atoms with Crippen molar-refractivity contribution in [3.8, 4) is 11.4 Å². The van der Waals surface area contributed by atoms with Crippen LogP contribution in [0.4, 0.5) is 10.1 Å². The summed E-state index contributed by atoms with van der Waals surface area (Å²) in [5.41, 5.74) is 0.867. The number of anilines is 1. The van der Waals surface area contributed by atoms with Crippen molar-refractivity contribution in [3.63, 3.8) is 0 Å². The van der Waals surface area contributed by atoms with E-state index in [0.717, 1.165) is 11.8 Å². The van der Waals surface area contributed by atoms with E-state index in [1.807, 2.05) is 0 Å². The second-order valence-corrected chi connectivity index (χ2v) is 8.10. The zero-order valence-corrected chi connectivity index (χ0v) is 15.9. The number of carbonyl (C=O) groups excluding carboxylic acids is 1. The largest absolute Gasteiger partial charge is 0.335 e. The van der Waals surface area contributed by atoms with Crippen molar-refractivity contribution in [2.75, 3.05) is 16.9 Å². The molecule has 9 nitrogen and oxygen atoms in total. The quantitative estimate of drug-likeness (QED) is 0.399. The van der Waals surface area contributed by atoms with E-state index in [2.05, 4.69) is 15.5 Å². The molecule has 0 saturated heterocycles. The topological polar surface area (TPSA) is 146 Å². The van der Waals surface area contributed by atoms with E-state index in [1.165, 1.54) is 53.2 Å².